The van der Waals surface area contributed by atoms with Gasteiger partial charge in [-0.3, -0.25) is 40.9 Å². The van der Waals surface area contributed by atoms with Crippen LogP contribution in [-0.4, -0.2) is 23.6 Å². The van der Waals surface area contributed by atoms with E-state index in [9.17, 15) is 19.2 Å². The van der Waals surface area contributed by atoms with Gasteiger partial charge in [-0.15, -0.1) is 0 Å². The zero-order chi connectivity index (χ0) is 27.8. The number of amides is 4. The molecule has 0 aliphatic heterocycles. The SMILES string of the molecule is O=C(NNC(=O)c1ccccc1Cl)c1ccc(Oc2ccc(C(=O)NNC(=O)c3ccccc3Cl)cc2)cc1. The second-order valence-electron chi connectivity index (χ2n) is 7.93. The molecule has 4 aromatic carbocycles. The Kier molecular flexibility index (Phi) is 8.78. The second kappa shape index (κ2) is 12.6. The molecule has 4 amide bonds. The number of carbonyl (C=O) groups excluding carboxylic acids is 4. The number of hydrogen-bond donors (Lipinski definition) is 4. The zero-order valence-electron chi connectivity index (χ0n) is 20.0. The Morgan fingerprint density at radius 2 is 0.795 bits per heavy atom. The third-order valence-corrected chi connectivity index (χ3v) is 5.94. The van der Waals surface area contributed by atoms with Crippen molar-refractivity contribution in [3.05, 3.63) is 129 Å². The minimum Gasteiger partial charge on any atom is -0.457 e. The minimum atomic E-state index is -0.547. The molecule has 4 aromatic rings. The summed E-state index contributed by atoms with van der Waals surface area (Å²) in [6.07, 6.45) is 0. The number of carbonyl (C=O) groups is 4. The van der Waals surface area contributed by atoms with E-state index in [1.54, 1.807) is 60.7 Å². The van der Waals surface area contributed by atoms with Gasteiger partial charge < -0.3 is 4.74 Å². The van der Waals surface area contributed by atoms with Gasteiger partial charge in [-0.1, -0.05) is 47.5 Å². The van der Waals surface area contributed by atoms with E-state index in [1.165, 1.54) is 36.4 Å². The quantitative estimate of drug-likeness (QED) is 0.248. The Balaban J connectivity index is 1.27. The first-order chi connectivity index (χ1) is 18.8. The maximum absolute atomic E-state index is 12.4. The van der Waals surface area contributed by atoms with E-state index in [1.807, 2.05) is 0 Å². The van der Waals surface area contributed by atoms with Gasteiger partial charge in [0.2, 0.25) is 0 Å². The predicted octanol–water partition coefficient (Wildman–Crippen LogP) is 4.94. The van der Waals surface area contributed by atoms with Crippen molar-refractivity contribution in [2.45, 2.75) is 0 Å². The van der Waals surface area contributed by atoms with Crippen LogP contribution in [-0.2, 0) is 0 Å². The van der Waals surface area contributed by atoms with Crippen molar-refractivity contribution in [3.63, 3.8) is 0 Å². The lowest BCUT2D eigenvalue weighted by Crippen LogP contribution is -2.41. The van der Waals surface area contributed by atoms with Gasteiger partial charge in [0.15, 0.2) is 0 Å². The molecule has 39 heavy (non-hydrogen) atoms. The summed E-state index contributed by atoms with van der Waals surface area (Å²) in [5.41, 5.74) is 10.3. The molecule has 9 nitrogen and oxygen atoms in total. The lowest BCUT2D eigenvalue weighted by atomic mass is 10.2. The summed E-state index contributed by atoms with van der Waals surface area (Å²) in [7, 11) is 0. The van der Waals surface area contributed by atoms with Gasteiger partial charge in [0.05, 0.1) is 21.2 Å². The molecule has 0 saturated heterocycles. The Bertz CT molecular complexity index is 1410. The summed E-state index contributed by atoms with van der Waals surface area (Å²) in [6, 6.07) is 25.3. The van der Waals surface area contributed by atoms with Crippen molar-refractivity contribution in [2.75, 3.05) is 0 Å². The fourth-order valence-electron chi connectivity index (χ4n) is 3.28. The van der Waals surface area contributed by atoms with Crippen molar-refractivity contribution in [1.82, 2.24) is 21.7 Å². The predicted molar refractivity (Wildman–Crippen MR) is 146 cm³/mol. The van der Waals surface area contributed by atoms with Crippen molar-refractivity contribution in [3.8, 4) is 11.5 Å². The Hall–Kier alpha value is -4.86. The van der Waals surface area contributed by atoms with Crippen molar-refractivity contribution in [2.24, 2.45) is 0 Å². The molecule has 196 valence electrons. The van der Waals surface area contributed by atoms with E-state index in [0.29, 0.717) is 11.5 Å². The highest BCUT2D eigenvalue weighted by atomic mass is 35.5. The number of hydrazine groups is 2. The highest BCUT2D eigenvalue weighted by Gasteiger charge is 2.13. The summed E-state index contributed by atoms with van der Waals surface area (Å²) in [6.45, 7) is 0. The molecule has 0 aromatic heterocycles. The van der Waals surface area contributed by atoms with Gasteiger partial charge in [0.25, 0.3) is 23.6 Å². The fraction of sp³-hybridized carbons (Fsp3) is 0. The number of nitrogens with one attached hydrogen (secondary N) is 4. The molecule has 0 unspecified atom stereocenters. The summed E-state index contributed by atoms with van der Waals surface area (Å²) in [5.74, 6) is -1.27. The molecule has 0 saturated carbocycles. The first kappa shape index (κ1) is 27.2. The van der Waals surface area contributed by atoms with Gasteiger partial charge >= 0.3 is 0 Å². The minimum absolute atomic E-state index is 0.230. The molecule has 0 bridgehead atoms. The van der Waals surface area contributed by atoms with Crippen LogP contribution >= 0.6 is 23.2 Å². The lowest BCUT2D eigenvalue weighted by Gasteiger charge is -2.10. The van der Waals surface area contributed by atoms with Crippen LogP contribution in [0.25, 0.3) is 0 Å². The Morgan fingerprint density at radius 3 is 1.15 bits per heavy atom. The number of benzene rings is 4. The van der Waals surface area contributed by atoms with E-state index < -0.39 is 23.6 Å². The van der Waals surface area contributed by atoms with Crippen LogP contribution in [0.15, 0.2) is 97.1 Å². The fourth-order valence-corrected chi connectivity index (χ4v) is 3.72. The van der Waals surface area contributed by atoms with Crippen molar-refractivity contribution >= 4 is 46.8 Å². The lowest BCUT2D eigenvalue weighted by molar-refractivity contribution is 0.0846. The van der Waals surface area contributed by atoms with E-state index in [4.69, 9.17) is 27.9 Å². The number of rotatable bonds is 6. The highest BCUT2D eigenvalue weighted by Crippen LogP contribution is 2.22. The Labute approximate surface area is 233 Å². The number of ether oxygens (including phenoxy) is 1. The summed E-state index contributed by atoms with van der Waals surface area (Å²) in [4.78, 5) is 49.1. The third-order valence-electron chi connectivity index (χ3n) is 5.28. The van der Waals surface area contributed by atoms with Crippen LogP contribution in [0.5, 0.6) is 11.5 Å². The standard InChI is InChI=1S/C28H20Cl2N4O5/c29-23-7-3-1-5-21(23)27(37)33-31-25(35)17-9-13-19(14-10-17)39-20-15-11-18(12-16-20)26(36)32-34-28(38)22-6-2-4-8-24(22)30/h1-16H,(H,31,35)(H,32,36)(H,33,37)(H,34,38). The van der Waals surface area contributed by atoms with Crippen LogP contribution in [0.2, 0.25) is 10.0 Å². The largest absolute Gasteiger partial charge is 0.457 e. The van der Waals surface area contributed by atoms with Gasteiger partial charge in [0.1, 0.15) is 11.5 Å². The van der Waals surface area contributed by atoms with E-state index in [0.717, 1.165) is 0 Å². The molecule has 11 heteroatoms. The maximum atomic E-state index is 12.4. The molecule has 0 spiro atoms. The molecule has 4 N–H and O–H groups in total. The van der Waals surface area contributed by atoms with Crippen LogP contribution in [0.4, 0.5) is 0 Å². The number of halogens is 2. The topological polar surface area (TPSA) is 126 Å². The zero-order valence-corrected chi connectivity index (χ0v) is 21.5. The molecular formula is C28H20Cl2N4O5. The summed E-state index contributed by atoms with van der Waals surface area (Å²) >= 11 is 12.0. The maximum Gasteiger partial charge on any atom is 0.271 e. The van der Waals surface area contributed by atoms with Gasteiger partial charge in [-0.25, -0.2) is 0 Å². The molecule has 0 aliphatic rings. The van der Waals surface area contributed by atoms with Crippen molar-refractivity contribution in [1.29, 1.82) is 0 Å². The third kappa shape index (κ3) is 7.13. The molecule has 4 rings (SSSR count). The molecule has 0 heterocycles. The van der Waals surface area contributed by atoms with Crippen LogP contribution in [0.1, 0.15) is 41.4 Å². The molecule has 0 fully saturated rings. The van der Waals surface area contributed by atoms with Crippen LogP contribution in [0, 0.1) is 0 Å². The molecule has 0 aliphatic carbocycles. The molecule has 0 radical (unpaired) electrons. The first-order valence-electron chi connectivity index (χ1n) is 11.4. The van der Waals surface area contributed by atoms with Crippen molar-refractivity contribution < 1.29 is 23.9 Å². The van der Waals surface area contributed by atoms with Crippen LogP contribution in [0.3, 0.4) is 0 Å². The van der Waals surface area contributed by atoms with Gasteiger partial charge in [0, 0.05) is 11.1 Å². The normalized spacial score (nSPS) is 10.2. The highest BCUT2D eigenvalue weighted by molar-refractivity contribution is 6.34. The van der Waals surface area contributed by atoms with Crippen LogP contribution < -0.4 is 26.4 Å². The van der Waals surface area contributed by atoms with Gasteiger partial charge in [-0.05, 0) is 72.8 Å². The molecular weight excluding hydrogens is 543 g/mol. The smallest absolute Gasteiger partial charge is 0.271 e. The van der Waals surface area contributed by atoms with Gasteiger partial charge in [-0.2, -0.15) is 0 Å². The summed E-state index contributed by atoms with van der Waals surface area (Å²) < 4.78 is 5.75. The van der Waals surface area contributed by atoms with E-state index in [-0.39, 0.29) is 32.3 Å². The second-order valence-corrected chi connectivity index (χ2v) is 8.74. The van der Waals surface area contributed by atoms with E-state index in [2.05, 4.69) is 21.7 Å². The average molecular weight is 563 g/mol. The number of hydrogen-bond acceptors (Lipinski definition) is 5. The van der Waals surface area contributed by atoms with E-state index >= 15 is 0 Å². The average Bonchev–Trinajstić information content (AvgIpc) is 2.95. The first-order valence-corrected chi connectivity index (χ1v) is 12.2. The molecule has 0 atom stereocenters. The summed E-state index contributed by atoms with van der Waals surface area (Å²) in [5, 5.41) is 0.527. The monoisotopic (exact) mass is 562 g/mol. The Morgan fingerprint density at radius 1 is 0.462 bits per heavy atom.